The van der Waals surface area contributed by atoms with E-state index in [1.54, 1.807) is 31.5 Å². The number of likely N-dealkylation sites (tertiary alicyclic amines) is 1. The summed E-state index contributed by atoms with van der Waals surface area (Å²) in [6.07, 6.45) is 4.35. The predicted octanol–water partition coefficient (Wildman–Crippen LogP) is 1.81. The van der Waals surface area contributed by atoms with Crippen molar-refractivity contribution in [1.29, 1.82) is 0 Å². The summed E-state index contributed by atoms with van der Waals surface area (Å²) in [7, 11) is 3.19. The van der Waals surface area contributed by atoms with E-state index in [9.17, 15) is 9.59 Å². The molecule has 7 nitrogen and oxygen atoms in total. The molecule has 0 radical (unpaired) electrons. The number of hydrogen-bond donors (Lipinski definition) is 1. The van der Waals surface area contributed by atoms with E-state index < -0.39 is 0 Å². The number of pyridine rings is 1. The molecule has 2 amide bonds. The van der Waals surface area contributed by atoms with Gasteiger partial charge in [-0.25, -0.2) is 0 Å². The highest BCUT2D eigenvalue weighted by atomic mass is 16.5. The second kappa shape index (κ2) is 9.21. The van der Waals surface area contributed by atoms with Crippen LogP contribution < -0.4 is 14.8 Å². The molecule has 148 valence electrons. The van der Waals surface area contributed by atoms with Gasteiger partial charge in [0.2, 0.25) is 11.8 Å². The van der Waals surface area contributed by atoms with Crippen LogP contribution in [-0.4, -0.2) is 49.0 Å². The maximum absolute atomic E-state index is 12.4. The van der Waals surface area contributed by atoms with Gasteiger partial charge in [0, 0.05) is 38.4 Å². The van der Waals surface area contributed by atoms with Gasteiger partial charge in [0.1, 0.15) is 0 Å². The van der Waals surface area contributed by atoms with Gasteiger partial charge in [-0.2, -0.15) is 0 Å². The molecule has 1 fully saturated rings. The number of nitrogens with zero attached hydrogens (tertiary/aromatic N) is 2. The first kappa shape index (κ1) is 19.7. The highest BCUT2D eigenvalue weighted by Crippen LogP contribution is 2.28. The van der Waals surface area contributed by atoms with E-state index in [-0.39, 0.29) is 24.2 Å². The smallest absolute Gasteiger partial charge is 0.225 e. The fourth-order valence-electron chi connectivity index (χ4n) is 3.30. The van der Waals surface area contributed by atoms with Crippen LogP contribution in [0, 0.1) is 5.92 Å². The Balaban J connectivity index is 1.51. The van der Waals surface area contributed by atoms with Crippen molar-refractivity contribution in [2.24, 2.45) is 5.92 Å². The molecule has 7 heteroatoms. The maximum atomic E-state index is 12.4. The molecular formula is C21H25N3O4. The topological polar surface area (TPSA) is 80.8 Å². The van der Waals surface area contributed by atoms with Crippen molar-refractivity contribution in [3.8, 4) is 11.5 Å². The summed E-state index contributed by atoms with van der Waals surface area (Å²) < 4.78 is 10.6. The summed E-state index contributed by atoms with van der Waals surface area (Å²) in [5.41, 5.74) is 1.99. The van der Waals surface area contributed by atoms with Crippen LogP contribution in [0.3, 0.4) is 0 Å². The Hall–Kier alpha value is -3.09. The summed E-state index contributed by atoms with van der Waals surface area (Å²) in [6.45, 7) is 1.44. The standard InChI is InChI=1S/C21H25N3O4/c1-27-18-6-5-15(10-19(18)28-2)7-9-24-14-17(11-20(24)25)21(26)23-13-16-4-3-8-22-12-16/h3-6,8,10,12,17H,7,9,11,13-14H2,1-2H3,(H,23,26). The van der Waals surface area contributed by atoms with Crippen molar-refractivity contribution < 1.29 is 19.1 Å². The van der Waals surface area contributed by atoms with Crippen molar-refractivity contribution in [3.05, 3.63) is 53.9 Å². The van der Waals surface area contributed by atoms with Crippen LogP contribution in [-0.2, 0) is 22.6 Å². The minimum atomic E-state index is -0.311. The Bertz CT molecular complexity index is 826. The molecule has 1 atom stereocenters. The second-order valence-electron chi connectivity index (χ2n) is 6.76. The maximum Gasteiger partial charge on any atom is 0.225 e. The summed E-state index contributed by atoms with van der Waals surface area (Å²) in [5.74, 6) is 0.955. The quantitative estimate of drug-likeness (QED) is 0.752. The molecule has 2 heterocycles. The van der Waals surface area contributed by atoms with Crippen LogP contribution in [0.25, 0.3) is 0 Å². The number of aromatic nitrogens is 1. The van der Waals surface area contributed by atoms with E-state index in [1.807, 2.05) is 30.3 Å². The monoisotopic (exact) mass is 383 g/mol. The molecule has 1 unspecified atom stereocenters. The predicted molar refractivity (Wildman–Crippen MR) is 104 cm³/mol. The van der Waals surface area contributed by atoms with E-state index in [0.717, 1.165) is 11.1 Å². The van der Waals surface area contributed by atoms with Crippen molar-refractivity contribution in [1.82, 2.24) is 15.2 Å². The average Bonchev–Trinajstić information content (AvgIpc) is 3.11. The lowest BCUT2D eigenvalue weighted by atomic mass is 10.1. The third-order valence-electron chi connectivity index (χ3n) is 4.89. The van der Waals surface area contributed by atoms with Gasteiger partial charge in [-0.1, -0.05) is 12.1 Å². The van der Waals surface area contributed by atoms with Crippen molar-refractivity contribution in [2.45, 2.75) is 19.4 Å². The zero-order chi connectivity index (χ0) is 19.9. The minimum absolute atomic E-state index is 0.0157. The minimum Gasteiger partial charge on any atom is -0.493 e. The molecule has 1 aromatic heterocycles. The summed E-state index contributed by atoms with van der Waals surface area (Å²) in [5, 5.41) is 2.90. The van der Waals surface area contributed by atoms with Crippen LogP contribution in [0.15, 0.2) is 42.7 Å². The van der Waals surface area contributed by atoms with Gasteiger partial charge < -0.3 is 19.7 Å². The molecule has 1 aromatic carbocycles. The number of ether oxygens (including phenoxy) is 2. The van der Waals surface area contributed by atoms with E-state index in [2.05, 4.69) is 10.3 Å². The molecule has 0 aliphatic carbocycles. The largest absolute Gasteiger partial charge is 0.493 e. The molecule has 2 aromatic rings. The van der Waals surface area contributed by atoms with Gasteiger partial charge in [-0.3, -0.25) is 14.6 Å². The van der Waals surface area contributed by atoms with Crippen LogP contribution >= 0.6 is 0 Å². The number of benzene rings is 1. The fourth-order valence-corrected chi connectivity index (χ4v) is 3.30. The van der Waals surface area contributed by atoms with Gasteiger partial charge in [-0.15, -0.1) is 0 Å². The van der Waals surface area contributed by atoms with E-state index in [1.165, 1.54) is 0 Å². The Morgan fingerprint density at radius 2 is 2.04 bits per heavy atom. The third-order valence-corrected chi connectivity index (χ3v) is 4.89. The van der Waals surface area contributed by atoms with Gasteiger partial charge in [0.15, 0.2) is 11.5 Å². The fraction of sp³-hybridized carbons (Fsp3) is 0.381. The molecule has 1 aliphatic heterocycles. The third kappa shape index (κ3) is 4.79. The van der Waals surface area contributed by atoms with Crippen molar-refractivity contribution in [2.75, 3.05) is 27.3 Å². The zero-order valence-corrected chi connectivity index (χ0v) is 16.2. The van der Waals surface area contributed by atoms with Crippen LogP contribution in [0.5, 0.6) is 11.5 Å². The average molecular weight is 383 g/mol. The van der Waals surface area contributed by atoms with Gasteiger partial charge >= 0.3 is 0 Å². The number of methoxy groups -OCH3 is 2. The summed E-state index contributed by atoms with van der Waals surface area (Å²) >= 11 is 0. The Labute approximate surface area is 164 Å². The first-order chi connectivity index (χ1) is 13.6. The van der Waals surface area contributed by atoms with Crippen LogP contribution in [0.2, 0.25) is 0 Å². The lowest BCUT2D eigenvalue weighted by Crippen LogP contribution is -2.33. The molecule has 0 saturated carbocycles. The second-order valence-corrected chi connectivity index (χ2v) is 6.76. The first-order valence-corrected chi connectivity index (χ1v) is 9.26. The SMILES string of the molecule is COc1ccc(CCN2CC(C(=O)NCc3cccnc3)CC2=O)cc1OC. The molecule has 0 spiro atoms. The van der Waals surface area contributed by atoms with Crippen LogP contribution in [0.4, 0.5) is 0 Å². The lowest BCUT2D eigenvalue weighted by molar-refractivity contribution is -0.129. The number of hydrogen-bond acceptors (Lipinski definition) is 5. The van der Waals surface area contributed by atoms with Crippen LogP contribution in [0.1, 0.15) is 17.5 Å². The molecular weight excluding hydrogens is 358 g/mol. The van der Waals surface area contributed by atoms with Crippen molar-refractivity contribution >= 4 is 11.8 Å². The highest BCUT2D eigenvalue weighted by molar-refractivity contribution is 5.89. The van der Waals surface area contributed by atoms with E-state index >= 15 is 0 Å². The lowest BCUT2D eigenvalue weighted by Gasteiger charge is -2.17. The van der Waals surface area contributed by atoms with E-state index in [4.69, 9.17) is 9.47 Å². The van der Waals surface area contributed by atoms with Gasteiger partial charge in [0.25, 0.3) is 0 Å². The van der Waals surface area contributed by atoms with Crippen molar-refractivity contribution in [3.63, 3.8) is 0 Å². The van der Waals surface area contributed by atoms with Gasteiger partial charge in [0.05, 0.1) is 20.1 Å². The molecule has 1 N–H and O–H groups in total. The zero-order valence-electron chi connectivity index (χ0n) is 16.2. The Morgan fingerprint density at radius 3 is 2.75 bits per heavy atom. The number of rotatable bonds is 8. The Morgan fingerprint density at radius 1 is 1.21 bits per heavy atom. The molecule has 1 aliphatic rings. The summed E-state index contributed by atoms with van der Waals surface area (Å²) in [4.78, 5) is 30.5. The molecule has 3 rings (SSSR count). The van der Waals surface area contributed by atoms with Gasteiger partial charge in [-0.05, 0) is 35.7 Å². The Kier molecular flexibility index (Phi) is 6.47. The normalized spacial score (nSPS) is 16.1. The summed E-state index contributed by atoms with van der Waals surface area (Å²) in [6, 6.07) is 9.46. The highest BCUT2D eigenvalue weighted by Gasteiger charge is 2.33. The molecule has 28 heavy (non-hydrogen) atoms. The first-order valence-electron chi connectivity index (χ1n) is 9.26. The van der Waals surface area contributed by atoms with E-state index in [0.29, 0.717) is 37.6 Å². The number of amides is 2. The number of carbonyl (C=O) groups is 2. The number of nitrogens with one attached hydrogen (secondary N) is 1. The molecule has 0 bridgehead atoms. The molecule has 1 saturated heterocycles. The number of carbonyl (C=O) groups excluding carboxylic acids is 2.